The fraction of sp³-hybridized carbons (Fsp3) is 0.321. The molecule has 0 aliphatic carbocycles. The zero-order valence-electron chi connectivity index (χ0n) is 19.4. The molecule has 0 aromatic heterocycles. The molecule has 0 bridgehead atoms. The lowest BCUT2D eigenvalue weighted by molar-refractivity contribution is 0.0190. The van der Waals surface area contributed by atoms with E-state index in [1.54, 1.807) is 19.1 Å². The zero-order chi connectivity index (χ0) is 23.5. The van der Waals surface area contributed by atoms with Crippen molar-refractivity contribution in [1.29, 1.82) is 0 Å². The van der Waals surface area contributed by atoms with Crippen molar-refractivity contribution >= 4 is 5.78 Å². The van der Waals surface area contributed by atoms with E-state index in [1.165, 1.54) is 6.07 Å². The molecule has 0 amide bonds. The van der Waals surface area contributed by atoms with Gasteiger partial charge in [0, 0.05) is 42.8 Å². The number of hydrogen-bond acceptors (Lipinski definition) is 4. The van der Waals surface area contributed by atoms with Crippen molar-refractivity contribution < 1.29 is 14.3 Å². The highest BCUT2D eigenvalue weighted by Crippen LogP contribution is 2.35. The lowest BCUT2D eigenvalue weighted by Gasteiger charge is -2.47. The van der Waals surface area contributed by atoms with E-state index in [9.17, 15) is 14.3 Å². The Labute approximate surface area is 195 Å². The van der Waals surface area contributed by atoms with Gasteiger partial charge in [0.05, 0.1) is 6.04 Å². The van der Waals surface area contributed by atoms with E-state index < -0.39 is 0 Å². The predicted molar refractivity (Wildman–Crippen MR) is 129 cm³/mol. The molecule has 4 rings (SSSR count). The highest BCUT2D eigenvalue weighted by molar-refractivity contribution is 5.94. The summed E-state index contributed by atoms with van der Waals surface area (Å²) in [6.45, 7) is 8.12. The summed E-state index contributed by atoms with van der Waals surface area (Å²) in [5, 5.41) is 10.2. The SMILES string of the molecule is CC(=O)c1ccc([C@H](c2cccc(O)c2)N2C[C@@H](C)N(Cc3ccccc3F)C[C@@H]2C)cc1. The number of carbonyl (C=O) groups excluding carboxylic acids is 1. The minimum absolute atomic E-state index is 0.0409. The van der Waals surface area contributed by atoms with Crippen LogP contribution in [0.5, 0.6) is 5.75 Å². The molecule has 1 heterocycles. The first-order valence-corrected chi connectivity index (χ1v) is 11.5. The van der Waals surface area contributed by atoms with Gasteiger partial charge in [-0.2, -0.15) is 0 Å². The summed E-state index contributed by atoms with van der Waals surface area (Å²) in [4.78, 5) is 16.5. The molecule has 1 aliphatic rings. The number of hydrogen-bond donors (Lipinski definition) is 1. The minimum Gasteiger partial charge on any atom is -0.508 e. The van der Waals surface area contributed by atoms with Crippen molar-refractivity contribution in [3.63, 3.8) is 0 Å². The fourth-order valence-corrected chi connectivity index (χ4v) is 4.82. The summed E-state index contributed by atoms with van der Waals surface area (Å²) in [6.07, 6.45) is 0. The molecule has 3 aromatic carbocycles. The molecule has 0 saturated carbocycles. The Kier molecular flexibility index (Phi) is 6.91. The van der Waals surface area contributed by atoms with Gasteiger partial charge in [-0.05, 0) is 50.1 Å². The van der Waals surface area contributed by atoms with Crippen LogP contribution in [-0.4, -0.2) is 45.9 Å². The molecule has 1 fully saturated rings. The van der Waals surface area contributed by atoms with Crippen molar-refractivity contribution in [2.45, 2.75) is 45.4 Å². The summed E-state index contributed by atoms with van der Waals surface area (Å²) in [6, 6.07) is 22.5. The third kappa shape index (κ3) is 5.15. The van der Waals surface area contributed by atoms with Crippen LogP contribution in [0.25, 0.3) is 0 Å². The van der Waals surface area contributed by atoms with Crippen LogP contribution in [0.15, 0.2) is 72.8 Å². The average Bonchev–Trinajstić information content (AvgIpc) is 2.79. The van der Waals surface area contributed by atoms with Crippen molar-refractivity contribution in [3.05, 3.63) is 101 Å². The predicted octanol–water partition coefficient (Wildman–Crippen LogP) is 5.42. The number of piperazine rings is 1. The highest BCUT2D eigenvalue weighted by Gasteiger charge is 2.35. The molecule has 172 valence electrons. The van der Waals surface area contributed by atoms with E-state index in [2.05, 4.69) is 23.6 Å². The Morgan fingerprint density at radius 2 is 1.70 bits per heavy atom. The molecular formula is C28H31FN2O2. The van der Waals surface area contributed by atoms with E-state index in [0.717, 1.165) is 24.2 Å². The number of phenolic OH excluding ortho intramolecular Hbond substituents is 1. The Morgan fingerprint density at radius 3 is 2.36 bits per heavy atom. The fourth-order valence-electron chi connectivity index (χ4n) is 4.82. The van der Waals surface area contributed by atoms with Gasteiger partial charge in [0.2, 0.25) is 0 Å². The van der Waals surface area contributed by atoms with E-state index >= 15 is 0 Å². The maximum atomic E-state index is 14.3. The maximum Gasteiger partial charge on any atom is 0.159 e. The van der Waals surface area contributed by atoms with E-state index in [0.29, 0.717) is 17.7 Å². The second-order valence-corrected chi connectivity index (χ2v) is 9.09. The van der Waals surface area contributed by atoms with Crippen LogP contribution in [0.1, 0.15) is 53.9 Å². The van der Waals surface area contributed by atoms with Crippen molar-refractivity contribution in [2.75, 3.05) is 13.1 Å². The second kappa shape index (κ2) is 9.86. The van der Waals surface area contributed by atoms with Crippen molar-refractivity contribution in [2.24, 2.45) is 0 Å². The summed E-state index contributed by atoms with van der Waals surface area (Å²) in [5.74, 6) is 0.110. The summed E-state index contributed by atoms with van der Waals surface area (Å²) >= 11 is 0. The van der Waals surface area contributed by atoms with Crippen LogP contribution in [-0.2, 0) is 6.54 Å². The topological polar surface area (TPSA) is 43.8 Å². The summed E-state index contributed by atoms with van der Waals surface area (Å²) in [5.41, 5.74) is 3.48. The molecule has 5 heteroatoms. The van der Waals surface area contributed by atoms with Crippen LogP contribution in [0, 0.1) is 5.82 Å². The molecule has 1 N–H and O–H groups in total. The number of Topliss-reactive ketones (excluding diaryl/α,β-unsaturated/α-hetero) is 1. The molecule has 3 atom stereocenters. The van der Waals surface area contributed by atoms with Gasteiger partial charge in [-0.3, -0.25) is 14.6 Å². The Bertz CT molecular complexity index is 1110. The van der Waals surface area contributed by atoms with Gasteiger partial charge in [0.1, 0.15) is 11.6 Å². The van der Waals surface area contributed by atoms with Crippen LogP contribution < -0.4 is 0 Å². The molecule has 33 heavy (non-hydrogen) atoms. The molecule has 4 nitrogen and oxygen atoms in total. The Hall–Kier alpha value is -3.02. The molecule has 0 radical (unpaired) electrons. The van der Waals surface area contributed by atoms with Gasteiger partial charge in [-0.25, -0.2) is 4.39 Å². The number of carbonyl (C=O) groups is 1. The first-order chi connectivity index (χ1) is 15.8. The normalized spacial score (nSPS) is 20.5. The van der Waals surface area contributed by atoms with Crippen LogP contribution in [0.2, 0.25) is 0 Å². The van der Waals surface area contributed by atoms with Crippen molar-refractivity contribution in [3.8, 4) is 5.75 Å². The molecule has 3 aromatic rings. The number of benzene rings is 3. The van der Waals surface area contributed by atoms with E-state index in [4.69, 9.17) is 0 Å². The average molecular weight is 447 g/mol. The second-order valence-electron chi connectivity index (χ2n) is 9.09. The number of phenols is 1. The third-order valence-corrected chi connectivity index (χ3v) is 6.65. The standard InChI is InChI=1S/C28H31FN2O2/c1-19-17-31(20(2)16-30(19)18-25-7-4-5-10-27(25)29)28(24-8-6-9-26(33)15-24)23-13-11-22(12-14-23)21(3)32/h4-15,19-20,28,33H,16-18H2,1-3H3/t19-,20+,28-/m1/s1. The lowest BCUT2D eigenvalue weighted by atomic mass is 9.92. The first kappa shape index (κ1) is 23.1. The summed E-state index contributed by atoms with van der Waals surface area (Å²) < 4.78 is 14.3. The molecule has 1 saturated heterocycles. The monoisotopic (exact) mass is 446 g/mol. The van der Waals surface area contributed by atoms with Crippen LogP contribution in [0.3, 0.4) is 0 Å². The smallest absolute Gasteiger partial charge is 0.159 e. The highest BCUT2D eigenvalue weighted by atomic mass is 19.1. The summed E-state index contributed by atoms with van der Waals surface area (Å²) in [7, 11) is 0. The Balaban J connectivity index is 1.63. The van der Waals surface area contributed by atoms with Gasteiger partial charge in [-0.15, -0.1) is 0 Å². The molecule has 0 spiro atoms. The van der Waals surface area contributed by atoms with Crippen LogP contribution in [0.4, 0.5) is 4.39 Å². The minimum atomic E-state index is -0.164. The number of rotatable bonds is 6. The van der Waals surface area contributed by atoms with Gasteiger partial charge in [0.15, 0.2) is 5.78 Å². The van der Waals surface area contributed by atoms with E-state index in [1.807, 2.05) is 54.6 Å². The maximum absolute atomic E-state index is 14.3. The first-order valence-electron chi connectivity index (χ1n) is 11.5. The van der Waals surface area contributed by atoms with Crippen LogP contribution >= 0.6 is 0 Å². The quantitative estimate of drug-likeness (QED) is 0.514. The Morgan fingerprint density at radius 1 is 0.970 bits per heavy atom. The number of halogens is 1. The van der Waals surface area contributed by atoms with Gasteiger partial charge < -0.3 is 5.11 Å². The molecule has 0 unspecified atom stereocenters. The number of aromatic hydroxyl groups is 1. The number of nitrogens with zero attached hydrogens (tertiary/aromatic N) is 2. The molecule has 1 aliphatic heterocycles. The lowest BCUT2D eigenvalue weighted by Crippen LogP contribution is -2.56. The van der Waals surface area contributed by atoms with Gasteiger partial charge in [-0.1, -0.05) is 54.6 Å². The largest absolute Gasteiger partial charge is 0.508 e. The number of ketones is 1. The van der Waals surface area contributed by atoms with E-state index in [-0.39, 0.29) is 35.5 Å². The molecular weight excluding hydrogens is 415 g/mol. The van der Waals surface area contributed by atoms with Gasteiger partial charge in [0.25, 0.3) is 0 Å². The third-order valence-electron chi connectivity index (χ3n) is 6.65. The van der Waals surface area contributed by atoms with Gasteiger partial charge >= 0.3 is 0 Å². The van der Waals surface area contributed by atoms with Crippen molar-refractivity contribution in [1.82, 2.24) is 9.80 Å². The zero-order valence-corrected chi connectivity index (χ0v) is 19.4.